The van der Waals surface area contributed by atoms with Crippen molar-refractivity contribution in [2.24, 2.45) is 0 Å². The van der Waals surface area contributed by atoms with Gasteiger partial charge in [0.15, 0.2) is 0 Å². The predicted molar refractivity (Wildman–Crippen MR) is 70.7 cm³/mol. The number of rotatable bonds is 0. The smallest absolute Gasteiger partial charge is 0.0906 e. The van der Waals surface area contributed by atoms with Crippen molar-refractivity contribution in [3.63, 3.8) is 0 Å². The predicted octanol–water partition coefficient (Wildman–Crippen LogP) is 3.29. The Labute approximate surface area is 102 Å². The lowest BCUT2D eigenvalue weighted by Gasteiger charge is -2.44. The summed E-state index contributed by atoms with van der Waals surface area (Å²) in [6, 6.07) is 8.99. The van der Waals surface area contributed by atoms with Crippen molar-refractivity contribution in [2.75, 3.05) is 6.54 Å². The normalized spacial score (nSPS) is 33.7. The van der Waals surface area contributed by atoms with Crippen LogP contribution in [0.15, 0.2) is 24.3 Å². The molecule has 0 amide bonds. The van der Waals surface area contributed by atoms with Crippen LogP contribution in [0.5, 0.6) is 0 Å². The van der Waals surface area contributed by atoms with Crippen LogP contribution in [0.25, 0.3) is 0 Å². The SMILES string of the molecule is CC1CCNC2(CCCc3ccccc32)S1. The van der Waals surface area contributed by atoms with Gasteiger partial charge in [-0.3, -0.25) is 5.32 Å². The van der Waals surface area contributed by atoms with E-state index in [2.05, 4.69) is 48.3 Å². The average molecular weight is 233 g/mol. The summed E-state index contributed by atoms with van der Waals surface area (Å²) in [5.74, 6) is 0. The molecule has 0 bridgehead atoms. The van der Waals surface area contributed by atoms with Crippen molar-refractivity contribution in [1.82, 2.24) is 5.32 Å². The molecular weight excluding hydrogens is 214 g/mol. The van der Waals surface area contributed by atoms with Gasteiger partial charge >= 0.3 is 0 Å². The maximum atomic E-state index is 3.78. The van der Waals surface area contributed by atoms with Crippen LogP contribution in [-0.4, -0.2) is 11.8 Å². The molecule has 2 heteroatoms. The van der Waals surface area contributed by atoms with Crippen molar-refractivity contribution in [3.05, 3.63) is 35.4 Å². The Kier molecular flexibility index (Phi) is 2.72. The van der Waals surface area contributed by atoms with Crippen LogP contribution in [0.2, 0.25) is 0 Å². The molecule has 1 aromatic carbocycles. The summed E-state index contributed by atoms with van der Waals surface area (Å²) in [5, 5.41) is 4.57. The lowest BCUT2D eigenvalue weighted by atomic mass is 9.87. The van der Waals surface area contributed by atoms with E-state index in [4.69, 9.17) is 0 Å². The lowest BCUT2D eigenvalue weighted by molar-refractivity contribution is 0.395. The second kappa shape index (κ2) is 4.08. The number of nitrogens with one attached hydrogen (secondary N) is 1. The number of benzene rings is 1. The van der Waals surface area contributed by atoms with Crippen LogP contribution in [0.1, 0.15) is 37.3 Å². The molecule has 1 spiro atoms. The van der Waals surface area contributed by atoms with Gasteiger partial charge in [-0.2, -0.15) is 0 Å². The molecule has 2 unspecified atom stereocenters. The molecule has 1 fully saturated rings. The molecule has 16 heavy (non-hydrogen) atoms. The van der Waals surface area contributed by atoms with Crippen LogP contribution < -0.4 is 5.32 Å². The van der Waals surface area contributed by atoms with E-state index in [1.807, 2.05) is 0 Å². The third kappa shape index (κ3) is 1.68. The first kappa shape index (κ1) is 10.7. The van der Waals surface area contributed by atoms with E-state index < -0.39 is 0 Å². The maximum absolute atomic E-state index is 3.78. The first-order valence-electron chi connectivity index (χ1n) is 6.31. The number of fused-ring (bicyclic) bond motifs is 2. The zero-order valence-electron chi connectivity index (χ0n) is 9.83. The molecular formula is C14H19NS. The van der Waals surface area contributed by atoms with E-state index >= 15 is 0 Å². The summed E-state index contributed by atoms with van der Waals surface area (Å²) in [6.45, 7) is 3.53. The lowest BCUT2D eigenvalue weighted by Crippen LogP contribution is -2.47. The fourth-order valence-corrected chi connectivity index (χ4v) is 4.72. The third-order valence-corrected chi connectivity index (χ3v) is 5.40. The van der Waals surface area contributed by atoms with E-state index in [1.165, 1.54) is 32.2 Å². The van der Waals surface area contributed by atoms with Gasteiger partial charge in [0.1, 0.15) is 0 Å². The van der Waals surface area contributed by atoms with Crippen LogP contribution >= 0.6 is 11.8 Å². The molecule has 2 atom stereocenters. The minimum Gasteiger partial charge on any atom is -0.299 e. The van der Waals surface area contributed by atoms with Crippen molar-refractivity contribution < 1.29 is 0 Å². The van der Waals surface area contributed by atoms with Gasteiger partial charge in [-0.15, -0.1) is 11.8 Å². The molecule has 0 radical (unpaired) electrons. The van der Waals surface area contributed by atoms with Crippen molar-refractivity contribution in [2.45, 2.75) is 42.7 Å². The van der Waals surface area contributed by atoms with Crippen molar-refractivity contribution in [1.29, 1.82) is 0 Å². The largest absolute Gasteiger partial charge is 0.299 e. The average Bonchev–Trinajstić information content (AvgIpc) is 2.30. The maximum Gasteiger partial charge on any atom is 0.0906 e. The molecule has 1 aliphatic carbocycles. The molecule has 1 heterocycles. The highest BCUT2D eigenvalue weighted by Crippen LogP contribution is 2.47. The number of hydrogen-bond acceptors (Lipinski definition) is 2. The van der Waals surface area contributed by atoms with Gasteiger partial charge in [-0.1, -0.05) is 31.2 Å². The first-order valence-corrected chi connectivity index (χ1v) is 7.19. The second-order valence-corrected chi connectivity index (χ2v) is 6.72. The summed E-state index contributed by atoms with van der Waals surface area (Å²) in [7, 11) is 0. The highest BCUT2D eigenvalue weighted by molar-refractivity contribution is 8.00. The molecule has 3 rings (SSSR count). The zero-order chi connectivity index (χ0) is 11.0. The Morgan fingerprint density at radius 2 is 2.25 bits per heavy atom. The van der Waals surface area contributed by atoms with Crippen LogP contribution in [0.4, 0.5) is 0 Å². The zero-order valence-corrected chi connectivity index (χ0v) is 10.6. The summed E-state index contributed by atoms with van der Waals surface area (Å²) in [4.78, 5) is 0.229. The molecule has 1 nitrogen and oxygen atoms in total. The molecule has 86 valence electrons. The quantitative estimate of drug-likeness (QED) is 0.738. The Morgan fingerprint density at radius 1 is 1.38 bits per heavy atom. The van der Waals surface area contributed by atoms with E-state index in [0.29, 0.717) is 0 Å². The van der Waals surface area contributed by atoms with Crippen LogP contribution in [0, 0.1) is 0 Å². The van der Waals surface area contributed by atoms with Crippen molar-refractivity contribution in [3.8, 4) is 0 Å². The van der Waals surface area contributed by atoms with Gasteiger partial charge in [0.05, 0.1) is 4.87 Å². The molecule has 0 aromatic heterocycles. The summed E-state index contributed by atoms with van der Waals surface area (Å²) in [6.07, 6.45) is 5.17. The minimum atomic E-state index is 0.229. The summed E-state index contributed by atoms with van der Waals surface area (Å²) < 4.78 is 0. The molecule has 1 saturated heterocycles. The monoisotopic (exact) mass is 233 g/mol. The Balaban J connectivity index is 2.02. The fraction of sp³-hybridized carbons (Fsp3) is 0.571. The van der Waals surface area contributed by atoms with E-state index in [1.54, 1.807) is 11.1 Å². The minimum absolute atomic E-state index is 0.229. The standard InChI is InChI=1S/C14H19NS/c1-11-8-10-15-14(16-11)9-4-6-12-5-2-3-7-13(12)14/h2-3,5,7,11,15H,4,6,8-10H2,1H3. The third-order valence-electron chi connectivity index (χ3n) is 3.79. The number of hydrogen-bond donors (Lipinski definition) is 1. The van der Waals surface area contributed by atoms with Crippen molar-refractivity contribution >= 4 is 11.8 Å². The fourth-order valence-electron chi connectivity index (χ4n) is 3.02. The van der Waals surface area contributed by atoms with Gasteiger partial charge in [0.25, 0.3) is 0 Å². The first-order chi connectivity index (χ1) is 7.80. The highest BCUT2D eigenvalue weighted by atomic mass is 32.2. The van der Waals surface area contributed by atoms with Gasteiger partial charge in [0, 0.05) is 5.25 Å². The molecule has 2 aliphatic rings. The molecule has 1 aromatic rings. The molecule has 0 saturated carbocycles. The number of aryl methyl sites for hydroxylation is 1. The van der Waals surface area contributed by atoms with Gasteiger partial charge in [-0.05, 0) is 43.4 Å². The van der Waals surface area contributed by atoms with E-state index in [9.17, 15) is 0 Å². The second-order valence-electron chi connectivity index (χ2n) is 4.98. The van der Waals surface area contributed by atoms with Crippen LogP contribution in [0.3, 0.4) is 0 Å². The van der Waals surface area contributed by atoms with Gasteiger partial charge in [0.2, 0.25) is 0 Å². The van der Waals surface area contributed by atoms with E-state index in [-0.39, 0.29) is 4.87 Å². The van der Waals surface area contributed by atoms with Crippen LogP contribution in [-0.2, 0) is 11.3 Å². The summed E-state index contributed by atoms with van der Waals surface area (Å²) in [5.41, 5.74) is 3.11. The molecule has 1 N–H and O–H groups in total. The highest BCUT2D eigenvalue weighted by Gasteiger charge is 2.39. The topological polar surface area (TPSA) is 12.0 Å². The van der Waals surface area contributed by atoms with Gasteiger partial charge in [-0.25, -0.2) is 0 Å². The Bertz CT molecular complexity index is 390. The molecule has 1 aliphatic heterocycles. The van der Waals surface area contributed by atoms with E-state index in [0.717, 1.165) is 5.25 Å². The Hall–Kier alpha value is -0.470. The summed E-state index contributed by atoms with van der Waals surface area (Å²) >= 11 is 2.14. The van der Waals surface area contributed by atoms with Gasteiger partial charge < -0.3 is 0 Å². The Morgan fingerprint density at radius 3 is 3.12 bits per heavy atom. The number of thioether (sulfide) groups is 1.